The number of aromatic nitrogens is 5. The Hall–Kier alpha value is -5.29. The van der Waals surface area contributed by atoms with Crippen molar-refractivity contribution in [1.82, 2.24) is 24.1 Å². The molecule has 4 aromatic carbocycles. The van der Waals surface area contributed by atoms with Crippen LogP contribution >= 0.6 is 0 Å². The van der Waals surface area contributed by atoms with Gasteiger partial charge in [-0.25, -0.2) is 0 Å². The average Bonchev–Trinajstić information content (AvgIpc) is 3.50. The highest BCUT2D eigenvalue weighted by Crippen LogP contribution is 2.36. The van der Waals surface area contributed by atoms with E-state index in [-0.39, 0.29) is 0 Å². The van der Waals surface area contributed by atoms with E-state index >= 15 is 0 Å². The molecule has 0 saturated heterocycles. The molecule has 8 aromatic rings. The van der Waals surface area contributed by atoms with Gasteiger partial charge >= 0.3 is 0 Å². The molecular formula is C33H21N5. The molecular weight excluding hydrogens is 466 g/mol. The largest absolute Gasteiger partial charge is 0.309 e. The molecule has 8 rings (SSSR count). The first-order valence-electron chi connectivity index (χ1n) is 12.6. The van der Waals surface area contributed by atoms with Gasteiger partial charge in [0, 0.05) is 63.3 Å². The molecule has 0 unspecified atom stereocenters. The summed E-state index contributed by atoms with van der Waals surface area (Å²) in [5, 5.41) is 4.82. The van der Waals surface area contributed by atoms with Crippen molar-refractivity contribution >= 4 is 43.6 Å². The van der Waals surface area contributed by atoms with Gasteiger partial charge in [0.05, 0.1) is 34.0 Å². The van der Waals surface area contributed by atoms with Gasteiger partial charge < -0.3 is 9.13 Å². The van der Waals surface area contributed by atoms with Gasteiger partial charge in [0.15, 0.2) is 0 Å². The summed E-state index contributed by atoms with van der Waals surface area (Å²) in [5.41, 5.74) is 8.80. The van der Waals surface area contributed by atoms with E-state index in [9.17, 15) is 0 Å². The highest BCUT2D eigenvalue weighted by molar-refractivity contribution is 6.12. The fraction of sp³-hybridized carbons (Fsp3) is 0. The van der Waals surface area contributed by atoms with Gasteiger partial charge in [-0.2, -0.15) is 0 Å². The van der Waals surface area contributed by atoms with E-state index in [1.54, 1.807) is 18.6 Å². The van der Waals surface area contributed by atoms with Crippen LogP contribution in [0.2, 0.25) is 0 Å². The molecule has 0 spiro atoms. The summed E-state index contributed by atoms with van der Waals surface area (Å²) in [6.45, 7) is 0. The molecule has 0 aliphatic carbocycles. The van der Waals surface area contributed by atoms with Crippen LogP contribution in [0.1, 0.15) is 0 Å². The van der Waals surface area contributed by atoms with Crippen molar-refractivity contribution in [3.8, 4) is 22.6 Å². The lowest BCUT2D eigenvalue weighted by molar-refractivity contribution is 1.16. The standard InChI is InChI=1S/C33H21N5/c1-3-7-30-25(5-1)26-6-2-4-8-31(26)38(30)24-13-14-32-27(19-24)28-20-34-16-15-33(28)37(32)23-11-9-22(10-12-23)29-21-35-17-18-36-29/h1-21H. The highest BCUT2D eigenvalue weighted by Gasteiger charge is 2.16. The number of benzene rings is 4. The van der Waals surface area contributed by atoms with Crippen LogP contribution < -0.4 is 0 Å². The van der Waals surface area contributed by atoms with Gasteiger partial charge in [0.2, 0.25) is 0 Å². The Bertz CT molecular complexity index is 2070. The molecule has 0 saturated carbocycles. The molecule has 38 heavy (non-hydrogen) atoms. The molecule has 0 aliphatic heterocycles. The number of hydrogen-bond donors (Lipinski definition) is 0. The van der Waals surface area contributed by atoms with Gasteiger partial charge in [0.1, 0.15) is 0 Å². The summed E-state index contributed by atoms with van der Waals surface area (Å²) in [6.07, 6.45) is 9.03. The van der Waals surface area contributed by atoms with E-state index in [0.717, 1.165) is 39.1 Å². The smallest absolute Gasteiger partial charge is 0.0885 e. The zero-order chi connectivity index (χ0) is 25.1. The zero-order valence-electron chi connectivity index (χ0n) is 20.4. The van der Waals surface area contributed by atoms with Crippen LogP contribution in [-0.4, -0.2) is 24.1 Å². The molecule has 0 aliphatic rings. The van der Waals surface area contributed by atoms with E-state index < -0.39 is 0 Å². The maximum Gasteiger partial charge on any atom is 0.0885 e. The molecule has 178 valence electrons. The van der Waals surface area contributed by atoms with Crippen LogP contribution in [0, 0.1) is 0 Å². The third-order valence-electron chi connectivity index (χ3n) is 7.37. The lowest BCUT2D eigenvalue weighted by atomic mass is 10.1. The van der Waals surface area contributed by atoms with E-state index in [1.165, 1.54) is 27.2 Å². The van der Waals surface area contributed by atoms with Crippen LogP contribution in [0.3, 0.4) is 0 Å². The Labute approximate surface area is 218 Å². The quantitative estimate of drug-likeness (QED) is 0.256. The molecule has 0 fully saturated rings. The summed E-state index contributed by atoms with van der Waals surface area (Å²) in [4.78, 5) is 13.1. The Balaban J connectivity index is 1.36. The van der Waals surface area contributed by atoms with Crippen molar-refractivity contribution in [1.29, 1.82) is 0 Å². The van der Waals surface area contributed by atoms with E-state index in [0.29, 0.717) is 0 Å². The van der Waals surface area contributed by atoms with Crippen LogP contribution in [0.5, 0.6) is 0 Å². The second-order valence-corrected chi connectivity index (χ2v) is 9.44. The number of rotatable bonds is 3. The summed E-state index contributed by atoms with van der Waals surface area (Å²) in [7, 11) is 0. The van der Waals surface area contributed by atoms with Gasteiger partial charge in [-0.3, -0.25) is 15.0 Å². The van der Waals surface area contributed by atoms with E-state index in [2.05, 4.69) is 121 Å². The maximum absolute atomic E-state index is 4.48. The molecule has 0 N–H and O–H groups in total. The summed E-state index contributed by atoms with van der Waals surface area (Å²) in [6, 6.07) is 34.6. The van der Waals surface area contributed by atoms with Crippen molar-refractivity contribution in [2.75, 3.05) is 0 Å². The lowest BCUT2D eigenvalue weighted by Crippen LogP contribution is -1.96. The first-order chi connectivity index (χ1) is 18.9. The fourth-order valence-electron chi connectivity index (χ4n) is 5.70. The SMILES string of the molecule is c1ccc2c(c1)c1ccccc1n2-c1ccc2c(c1)c1cnccc1n2-c1ccc(-c2cnccn2)cc1. The Morgan fingerprint density at radius 3 is 1.82 bits per heavy atom. The van der Waals surface area contributed by atoms with Crippen LogP contribution in [0.15, 0.2) is 128 Å². The van der Waals surface area contributed by atoms with Crippen LogP contribution in [-0.2, 0) is 0 Å². The van der Waals surface area contributed by atoms with Crippen molar-refractivity contribution in [2.45, 2.75) is 0 Å². The first kappa shape index (κ1) is 20.9. The Morgan fingerprint density at radius 1 is 0.447 bits per heavy atom. The Morgan fingerprint density at radius 2 is 1.08 bits per heavy atom. The minimum absolute atomic E-state index is 0.862. The van der Waals surface area contributed by atoms with E-state index in [4.69, 9.17) is 0 Å². The molecule has 0 atom stereocenters. The maximum atomic E-state index is 4.48. The number of para-hydroxylation sites is 2. The molecule has 4 aromatic heterocycles. The first-order valence-corrected chi connectivity index (χ1v) is 12.6. The summed E-state index contributed by atoms with van der Waals surface area (Å²) in [5.74, 6) is 0. The highest BCUT2D eigenvalue weighted by atomic mass is 15.0. The van der Waals surface area contributed by atoms with Crippen molar-refractivity contribution in [3.63, 3.8) is 0 Å². The second-order valence-electron chi connectivity index (χ2n) is 9.44. The van der Waals surface area contributed by atoms with Crippen molar-refractivity contribution in [2.24, 2.45) is 0 Å². The van der Waals surface area contributed by atoms with Gasteiger partial charge in [-0.1, -0.05) is 48.5 Å². The van der Waals surface area contributed by atoms with Gasteiger partial charge in [0.25, 0.3) is 0 Å². The monoisotopic (exact) mass is 487 g/mol. The summed E-state index contributed by atoms with van der Waals surface area (Å²) < 4.78 is 4.67. The summed E-state index contributed by atoms with van der Waals surface area (Å²) >= 11 is 0. The third-order valence-corrected chi connectivity index (χ3v) is 7.37. The van der Waals surface area contributed by atoms with Crippen LogP contribution in [0.25, 0.3) is 66.2 Å². The molecule has 0 radical (unpaired) electrons. The fourth-order valence-corrected chi connectivity index (χ4v) is 5.70. The minimum Gasteiger partial charge on any atom is -0.309 e. The second kappa shape index (κ2) is 8.11. The number of pyridine rings is 1. The molecule has 0 bridgehead atoms. The molecule has 5 heteroatoms. The molecule has 4 heterocycles. The average molecular weight is 488 g/mol. The number of nitrogens with zero attached hydrogens (tertiary/aromatic N) is 5. The van der Waals surface area contributed by atoms with Crippen molar-refractivity contribution in [3.05, 3.63) is 128 Å². The van der Waals surface area contributed by atoms with E-state index in [1.807, 2.05) is 12.4 Å². The minimum atomic E-state index is 0.862. The normalized spacial score (nSPS) is 11.7. The topological polar surface area (TPSA) is 48.5 Å². The molecule has 0 amide bonds. The lowest BCUT2D eigenvalue weighted by Gasteiger charge is -2.11. The van der Waals surface area contributed by atoms with Crippen LogP contribution in [0.4, 0.5) is 0 Å². The number of hydrogen-bond acceptors (Lipinski definition) is 3. The predicted octanol–water partition coefficient (Wildman–Crippen LogP) is 7.73. The van der Waals surface area contributed by atoms with Crippen molar-refractivity contribution < 1.29 is 0 Å². The van der Waals surface area contributed by atoms with Gasteiger partial charge in [-0.05, 0) is 48.5 Å². The molecule has 5 nitrogen and oxygen atoms in total. The number of fused-ring (bicyclic) bond motifs is 6. The predicted molar refractivity (Wildman–Crippen MR) is 154 cm³/mol. The third kappa shape index (κ3) is 3.02. The Kier molecular flexibility index (Phi) is 4.45. The van der Waals surface area contributed by atoms with Gasteiger partial charge in [-0.15, -0.1) is 0 Å². The zero-order valence-corrected chi connectivity index (χ0v) is 20.4.